The maximum absolute atomic E-state index is 11.7. The summed E-state index contributed by atoms with van der Waals surface area (Å²) < 4.78 is 5.66. The number of carboxylic acids is 1. The summed E-state index contributed by atoms with van der Waals surface area (Å²) in [6.07, 6.45) is 1.29. The zero-order valence-corrected chi connectivity index (χ0v) is 12.6. The lowest BCUT2D eigenvalue weighted by Gasteiger charge is -2.15. The molecule has 1 aromatic carbocycles. The molecule has 0 aliphatic rings. The number of hydrogen-bond acceptors (Lipinski definition) is 3. The number of ether oxygens (including phenoxy) is 1. The molecular formula is C15H22N2O4. The highest BCUT2D eigenvalue weighted by atomic mass is 16.5. The van der Waals surface area contributed by atoms with Gasteiger partial charge >= 0.3 is 12.0 Å². The van der Waals surface area contributed by atoms with Crippen molar-refractivity contribution in [3.8, 4) is 5.75 Å². The molecule has 0 bridgehead atoms. The molecule has 6 nitrogen and oxygen atoms in total. The topological polar surface area (TPSA) is 87.7 Å². The Bertz CT molecular complexity index is 490. The van der Waals surface area contributed by atoms with E-state index in [1.54, 1.807) is 31.2 Å². The van der Waals surface area contributed by atoms with Gasteiger partial charge in [-0.05, 0) is 31.9 Å². The van der Waals surface area contributed by atoms with Crippen molar-refractivity contribution in [2.45, 2.75) is 45.8 Å². The van der Waals surface area contributed by atoms with Crippen LogP contribution in [0.25, 0.3) is 0 Å². The molecule has 0 aliphatic heterocycles. The first-order valence-corrected chi connectivity index (χ1v) is 7.03. The van der Waals surface area contributed by atoms with Crippen LogP contribution in [0.3, 0.4) is 0 Å². The van der Waals surface area contributed by atoms with E-state index in [0.717, 1.165) is 6.42 Å². The van der Waals surface area contributed by atoms with Crippen LogP contribution in [0.2, 0.25) is 0 Å². The van der Waals surface area contributed by atoms with E-state index in [0.29, 0.717) is 17.9 Å². The number of nitrogens with one attached hydrogen (secondary N) is 2. The van der Waals surface area contributed by atoms with Crippen molar-refractivity contribution in [1.29, 1.82) is 0 Å². The van der Waals surface area contributed by atoms with Gasteiger partial charge in [-0.1, -0.05) is 19.9 Å². The molecule has 0 saturated heterocycles. The predicted octanol–water partition coefficient (Wildman–Crippen LogP) is 2.85. The van der Waals surface area contributed by atoms with E-state index < -0.39 is 18.0 Å². The highest BCUT2D eigenvalue weighted by Gasteiger charge is 2.17. The van der Waals surface area contributed by atoms with Crippen LogP contribution in [-0.4, -0.2) is 29.3 Å². The van der Waals surface area contributed by atoms with Crippen molar-refractivity contribution < 1.29 is 19.4 Å². The van der Waals surface area contributed by atoms with Gasteiger partial charge < -0.3 is 20.5 Å². The minimum absolute atomic E-state index is 0.0885. The number of benzene rings is 1. The van der Waals surface area contributed by atoms with Crippen LogP contribution in [0.4, 0.5) is 10.5 Å². The Kier molecular flexibility index (Phi) is 6.52. The number of rotatable bonds is 7. The number of anilines is 1. The minimum Gasteiger partial charge on any atom is -0.491 e. The third kappa shape index (κ3) is 5.72. The fourth-order valence-electron chi connectivity index (χ4n) is 1.63. The molecule has 0 heterocycles. The minimum atomic E-state index is -1.05. The van der Waals surface area contributed by atoms with E-state index in [1.807, 2.05) is 13.8 Å². The summed E-state index contributed by atoms with van der Waals surface area (Å²) in [5, 5.41) is 13.9. The van der Waals surface area contributed by atoms with Crippen molar-refractivity contribution in [3.05, 3.63) is 24.3 Å². The maximum atomic E-state index is 11.7. The maximum Gasteiger partial charge on any atom is 0.326 e. The average Bonchev–Trinajstić information content (AvgIpc) is 2.44. The van der Waals surface area contributed by atoms with Crippen molar-refractivity contribution in [3.63, 3.8) is 0 Å². The lowest BCUT2D eigenvalue weighted by molar-refractivity contribution is -0.139. The van der Waals surface area contributed by atoms with Gasteiger partial charge in [0.15, 0.2) is 0 Å². The Labute approximate surface area is 124 Å². The number of carbonyl (C=O) groups is 2. The highest BCUT2D eigenvalue weighted by Crippen LogP contribution is 2.19. The van der Waals surface area contributed by atoms with Gasteiger partial charge in [-0.15, -0.1) is 0 Å². The standard InChI is InChI=1S/C15H22N2O4/c1-4-10(3)21-12-8-6-7-11(9-12)16-15(20)17-13(5-2)14(18)19/h6-10,13H,4-5H2,1-3H3,(H,18,19)(H2,16,17,20). The van der Waals surface area contributed by atoms with Crippen LogP contribution in [0, 0.1) is 0 Å². The molecule has 0 fully saturated rings. The molecule has 1 rings (SSSR count). The molecular weight excluding hydrogens is 272 g/mol. The molecule has 0 radical (unpaired) electrons. The Morgan fingerprint density at radius 2 is 2.00 bits per heavy atom. The van der Waals surface area contributed by atoms with Crippen molar-refractivity contribution in [2.24, 2.45) is 0 Å². The first-order valence-electron chi connectivity index (χ1n) is 7.03. The number of urea groups is 1. The van der Waals surface area contributed by atoms with Crippen molar-refractivity contribution >= 4 is 17.7 Å². The molecule has 0 spiro atoms. The number of carboxylic acid groups (broad SMARTS) is 1. The molecule has 1 aromatic rings. The SMILES string of the molecule is CCC(C)Oc1cccc(NC(=O)NC(CC)C(=O)O)c1. The highest BCUT2D eigenvalue weighted by molar-refractivity contribution is 5.92. The fourth-order valence-corrected chi connectivity index (χ4v) is 1.63. The Balaban J connectivity index is 2.64. The van der Waals surface area contributed by atoms with Crippen LogP contribution >= 0.6 is 0 Å². The predicted molar refractivity (Wildman–Crippen MR) is 80.7 cm³/mol. The van der Waals surface area contributed by atoms with Crippen molar-refractivity contribution in [2.75, 3.05) is 5.32 Å². The van der Waals surface area contributed by atoms with Gasteiger partial charge in [-0.2, -0.15) is 0 Å². The zero-order valence-electron chi connectivity index (χ0n) is 12.6. The number of hydrogen-bond donors (Lipinski definition) is 3. The summed E-state index contributed by atoms with van der Waals surface area (Å²) in [5.41, 5.74) is 0.550. The molecule has 2 amide bonds. The third-order valence-corrected chi connectivity index (χ3v) is 3.02. The van der Waals surface area contributed by atoms with Crippen LogP contribution in [0.1, 0.15) is 33.6 Å². The first-order chi connectivity index (χ1) is 9.96. The monoisotopic (exact) mass is 294 g/mol. The second-order valence-electron chi connectivity index (χ2n) is 4.76. The van der Waals surface area contributed by atoms with Crippen LogP contribution in [-0.2, 0) is 4.79 Å². The number of carbonyl (C=O) groups excluding carboxylic acids is 1. The third-order valence-electron chi connectivity index (χ3n) is 3.02. The van der Waals surface area contributed by atoms with Gasteiger partial charge in [0.2, 0.25) is 0 Å². The molecule has 116 valence electrons. The van der Waals surface area contributed by atoms with Gasteiger partial charge in [0.05, 0.1) is 6.10 Å². The summed E-state index contributed by atoms with van der Waals surface area (Å²) in [6.45, 7) is 5.68. The van der Waals surface area contributed by atoms with E-state index in [1.165, 1.54) is 0 Å². The Morgan fingerprint density at radius 3 is 2.57 bits per heavy atom. The number of aliphatic carboxylic acids is 1. The van der Waals surface area contributed by atoms with Gasteiger partial charge in [0.25, 0.3) is 0 Å². The molecule has 2 unspecified atom stereocenters. The normalized spacial score (nSPS) is 13.1. The van der Waals surface area contributed by atoms with Crippen LogP contribution in [0.15, 0.2) is 24.3 Å². The Morgan fingerprint density at radius 1 is 1.29 bits per heavy atom. The molecule has 6 heteroatoms. The first kappa shape index (κ1) is 16.8. The second kappa shape index (κ2) is 8.14. The molecule has 21 heavy (non-hydrogen) atoms. The van der Waals surface area contributed by atoms with E-state index >= 15 is 0 Å². The lowest BCUT2D eigenvalue weighted by Crippen LogP contribution is -2.42. The van der Waals surface area contributed by atoms with Crippen molar-refractivity contribution in [1.82, 2.24) is 5.32 Å². The molecule has 0 aromatic heterocycles. The second-order valence-corrected chi connectivity index (χ2v) is 4.76. The molecule has 0 aliphatic carbocycles. The lowest BCUT2D eigenvalue weighted by atomic mass is 10.2. The summed E-state index contributed by atoms with van der Waals surface area (Å²) in [7, 11) is 0. The van der Waals surface area contributed by atoms with E-state index in [4.69, 9.17) is 9.84 Å². The Hall–Kier alpha value is -2.24. The molecule has 2 atom stereocenters. The van der Waals surface area contributed by atoms with Gasteiger partial charge in [-0.25, -0.2) is 9.59 Å². The molecule has 0 saturated carbocycles. The molecule has 3 N–H and O–H groups in total. The zero-order chi connectivity index (χ0) is 15.8. The average molecular weight is 294 g/mol. The smallest absolute Gasteiger partial charge is 0.326 e. The fraction of sp³-hybridized carbons (Fsp3) is 0.467. The largest absolute Gasteiger partial charge is 0.491 e. The summed E-state index contributed by atoms with van der Waals surface area (Å²) in [6, 6.07) is 5.54. The van der Waals surface area contributed by atoms with Gasteiger partial charge in [0, 0.05) is 11.8 Å². The summed E-state index contributed by atoms with van der Waals surface area (Å²) >= 11 is 0. The van der Waals surface area contributed by atoms with Crippen LogP contribution < -0.4 is 15.4 Å². The van der Waals surface area contributed by atoms with Gasteiger partial charge in [-0.3, -0.25) is 0 Å². The van der Waals surface area contributed by atoms with E-state index in [-0.39, 0.29) is 6.10 Å². The van der Waals surface area contributed by atoms with E-state index in [2.05, 4.69) is 10.6 Å². The quantitative estimate of drug-likeness (QED) is 0.721. The summed E-state index contributed by atoms with van der Waals surface area (Å²) in [4.78, 5) is 22.6. The number of amides is 2. The van der Waals surface area contributed by atoms with Crippen LogP contribution in [0.5, 0.6) is 5.75 Å². The van der Waals surface area contributed by atoms with Gasteiger partial charge in [0.1, 0.15) is 11.8 Å². The summed E-state index contributed by atoms with van der Waals surface area (Å²) in [5.74, 6) is -0.395. The van der Waals surface area contributed by atoms with E-state index in [9.17, 15) is 9.59 Å².